The fourth-order valence-corrected chi connectivity index (χ4v) is 2.76. The smallest absolute Gasteiger partial charge is 0.318 e. The number of likely N-dealkylation sites (N-methyl/N-ethyl adjacent to an activating group) is 1. The van der Waals surface area contributed by atoms with Crippen LogP contribution in [-0.4, -0.2) is 43.1 Å². The molecule has 0 spiro atoms. The Hall–Kier alpha value is -1.75. The number of aromatic nitrogens is 3. The maximum Gasteiger partial charge on any atom is 0.329 e. The first-order chi connectivity index (χ1) is 9.86. The SMILES string of the molecule is CNCCNS(=O)(=O)c1cnc2c(c1)c(=O)[nH]c(=O)n2C.Cl. The van der Waals surface area contributed by atoms with Crippen LogP contribution in [-0.2, 0) is 17.1 Å². The molecule has 22 heavy (non-hydrogen) atoms. The second-order valence-corrected chi connectivity index (χ2v) is 6.13. The van der Waals surface area contributed by atoms with Crippen molar-refractivity contribution in [1.82, 2.24) is 24.6 Å². The molecule has 0 bridgehead atoms. The molecule has 2 rings (SSSR count). The predicted molar refractivity (Wildman–Crippen MR) is 84.0 cm³/mol. The molecular weight excluding hydrogens is 334 g/mol. The molecule has 2 aromatic heterocycles. The van der Waals surface area contributed by atoms with Crippen LogP contribution in [0.1, 0.15) is 0 Å². The fraction of sp³-hybridized carbons (Fsp3) is 0.364. The van der Waals surface area contributed by atoms with E-state index in [0.29, 0.717) is 6.54 Å². The zero-order valence-corrected chi connectivity index (χ0v) is 13.5. The number of H-pyrrole nitrogens is 1. The molecule has 3 N–H and O–H groups in total. The number of nitrogens with one attached hydrogen (secondary N) is 3. The largest absolute Gasteiger partial charge is 0.329 e. The van der Waals surface area contributed by atoms with Crippen LogP contribution in [0.2, 0.25) is 0 Å². The lowest BCUT2D eigenvalue weighted by atomic mass is 10.3. The molecule has 0 aliphatic heterocycles. The monoisotopic (exact) mass is 349 g/mol. The Balaban J connectivity index is 0.00000242. The summed E-state index contributed by atoms with van der Waals surface area (Å²) in [5.41, 5.74) is -1.16. The third-order valence-electron chi connectivity index (χ3n) is 2.91. The Labute approximate surface area is 132 Å². The zero-order valence-electron chi connectivity index (χ0n) is 11.9. The van der Waals surface area contributed by atoms with Gasteiger partial charge in [0.05, 0.1) is 5.39 Å². The fourth-order valence-electron chi connectivity index (χ4n) is 1.76. The third kappa shape index (κ3) is 3.53. The molecule has 0 aromatic carbocycles. The van der Waals surface area contributed by atoms with Crippen LogP contribution < -0.4 is 21.3 Å². The number of halogens is 1. The van der Waals surface area contributed by atoms with E-state index in [1.54, 1.807) is 7.05 Å². The van der Waals surface area contributed by atoms with Gasteiger partial charge in [-0.3, -0.25) is 14.3 Å². The van der Waals surface area contributed by atoms with Gasteiger partial charge in [-0.25, -0.2) is 22.9 Å². The highest BCUT2D eigenvalue weighted by atomic mass is 35.5. The van der Waals surface area contributed by atoms with Crippen LogP contribution in [0.15, 0.2) is 26.7 Å². The second kappa shape index (κ2) is 7.01. The molecule has 9 nitrogen and oxygen atoms in total. The Morgan fingerprint density at radius 3 is 2.64 bits per heavy atom. The summed E-state index contributed by atoms with van der Waals surface area (Å²) in [7, 11) is -0.619. The highest BCUT2D eigenvalue weighted by Gasteiger charge is 2.16. The van der Waals surface area contributed by atoms with Gasteiger partial charge in [0.25, 0.3) is 5.56 Å². The van der Waals surface area contributed by atoms with Crippen molar-refractivity contribution in [3.63, 3.8) is 0 Å². The van der Waals surface area contributed by atoms with Crippen LogP contribution in [0.3, 0.4) is 0 Å². The summed E-state index contributed by atoms with van der Waals surface area (Å²) in [5.74, 6) is 0. The third-order valence-corrected chi connectivity index (χ3v) is 4.33. The second-order valence-electron chi connectivity index (χ2n) is 4.36. The maximum absolute atomic E-state index is 12.1. The Bertz CT molecular complexity index is 889. The average Bonchev–Trinajstić information content (AvgIpc) is 2.44. The van der Waals surface area contributed by atoms with Crippen molar-refractivity contribution in [2.75, 3.05) is 20.1 Å². The van der Waals surface area contributed by atoms with Gasteiger partial charge in [0.1, 0.15) is 10.5 Å². The van der Waals surface area contributed by atoms with Gasteiger partial charge in [0.15, 0.2) is 0 Å². The van der Waals surface area contributed by atoms with Crippen molar-refractivity contribution in [3.05, 3.63) is 33.1 Å². The van der Waals surface area contributed by atoms with Crippen LogP contribution in [0.5, 0.6) is 0 Å². The number of hydrogen-bond donors (Lipinski definition) is 3. The van der Waals surface area contributed by atoms with Crippen LogP contribution in [0.25, 0.3) is 11.0 Å². The van der Waals surface area contributed by atoms with Gasteiger partial charge in [-0.15, -0.1) is 12.4 Å². The zero-order chi connectivity index (χ0) is 15.6. The van der Waals surface area contributed by atoms with E-state index in [4.69, 9.17) is 0 Å². The lowest BCUT2D eigenvalue weighted by Crippen LogP contribution is -2.31. The standard InChI is InChI=1S/C11H15N5O4S.ClH/c1-12-3-4-14-21(19,20)7-5-8-9(13-6-7)16(2)11(18)15-10(8)17;/h5-6,12,14H,3-4H2,1-2H3,(H,15,17,18);1H. The number of fused-ring (bicyclic) bond motifs is 1. The molecular formula is C11H16ClN5O4S. The van der Waals surface area contributed by atoms with E-state index < -0.39 is 21.3 Å². The van der Waals surface area contributed by atoms with E-state index in [9.17, 15) is 18.0 Å². The quantitative estimate of drug-likeness (QED) is 0.566. The molecule has 0 radical (unpaired) electrons. The minimum atomic E-state index is -3.76. The van der Waals surface area contributed by atoms with Crippen molar-refractivity contribution < 1.29 is 8.42 Å². The lowest BCUT2D eigenvalue weighted by molar-refractivity contribution is 0.579. The molecule has 0 fully saturated rings. The minimum Gasteiger partial charge on any atom is -0.318 e. The molecule has 0 atom stereocenters. The first-order valence-electron chi connectivity index (χ1n) is 6.10. The summed E-state index contributed by atoms with van der Waals surface area (Å²) in [6.07, 6.45) is 1.11. The van der Waals surface area contributed by atoms with Crippen molar-refractivity contribution in [2.24, 2.45) is 7.05 Å². The van der Waals surface area contributed by atoms with E-state index in [1.807, 2.05) is 0 Å². The lowest BCUT2D eigenvalue weighted by Gasteiger charge is -2.08. The first kappa shape index (κ1) is 18.3. The number of sulfonamides is 1. The molecule has 2 aromatic rings. The van der Waals surface area contributed by atoms with Gasteiger partial charge in [-0.1, -0.05) is 0 Å². The molecule has 0 aliphatic carbocycles. The van der Waals surface area contributed by atoms with E-state index in [0.717, 1.165) is 10.8 Å². The Kier molecular flexibility index (Phi) is 5.83. The topological polar surface area (TPSA) is 126 Å². The molecule has 0 saturated carbocycles. The van der Waals surface area contributed by atoms with E-state index >= 15 is 0 Å². The number of aromatic amines is 1. The van der Waals surface area contributed by atoms with Crippen molar-refractivity contribution in [3.8, 4) is 0 Å². The summed E-state index contributed by atoms with van der Waals surface area (Å²) in [4.78, 5) is 29.1. The van der Waals surface area contributed by atoms with Crippen molar-refractivity contribution in [1.29, 1.82) is 0 Å². The van der Waals surface area contributed by atoms with Gasteiger partial charge in [-0.2, -0.15) is 0 Å². The molecule has 11 heteroatoms. The molecule has 0 aliphatic rings. The van der Waals surface area contributed by atoms with Crippen LogP contribution in [0.4, 0.5) is 0 Å². The molecule has 0 amide bonds. The summed E-state index contributed by atoms with van der Waals surface area (Å²) in [6, 6.07) is 1.20. The Morgan fingerprint density at radius 2 is 2.00 bits per heavy atom. The molecule has 0 saturated heterocycles. The summed E-state index contributed by atoms with van der Waals surface area (Å²) in [5, 5.41) is 2.84. The highest BCUT2D eigenvalue weighted by Crippen LogP contribution is 2.11. The Morgan fingerprint density at radius 1 is 1.32 bits per heavy atom. The van der Waals surface area contributed by atoms with Crippen molar-refractivity contribution in [2.45, 2.75) is 4.90 Å². The van der Waals surface area contributed by atoms with Crippen LogP contribution in [0, 0.1) is 0 Å². The molecule has 122 valence electrons. The van der Waals surface area contributed by atoms with Crippen molar-refractivity contribution >= 4 is 33.5 Å². The minimum absolute atomic E-state index is 0. The number of nitrogens with zero attached hydrogens (tertiary/aromatic N) is 2. The van der Waals surface area contributed by atoms with Gasteiger partial charge < -0.3 is 5.32 Å². The first-order valence-corrected chi connectivity index (χ1v) is 7.58. The maximum atomic E-state index is 12.1. The summed E-state index contributed by atoms with van der Waals surface area (Å²) < 4.78 is 27.6. The van der Waals surface area contributed by atoms with Gasteiger partial charge in [0, 0.05) is 26.3 Å². The van der Waals surface area contributed by atoms with E-state index in [1.165, 1.54) is 13.1 Å². The highest BCUT2D eigenvalue weighted by molar-refractivity contribution is 7.89. The number of hydrogen-bond acceptors (Lipinski definition) is 6. The van der Waals surface area contributed by atoms with Gasteiger partial charge >= 0.3 is 5.69 Å². The number of pyridine rings is 1. The normalized spacial score (nSPS) is 11.4. The predicted octanol–water partition coefficient (Wildman–Crippen LogP) is -1.46. The average molecular weight is 350 g/mol. The molecule has 2 heterocycles. The van der Waals surface area contributed by atoms with Gasteiger partial charge in [0.2, 0.25) is 10.0 Å². The summed E-state index contributed by atoms with van der Waals surface area (Å²) >= 11 is 0. The van der Waals surface area contributed by atoms with E-state index in [2.05, 4.69) is 20.0 Å². The number of rotatable bonds is 5. The summed E-state index contributed by atoms with van der Waals surface area (Å²) in [6.45, 7) is 0.676. The van der Waals surface area contributed by atoms with E-state index in [-0.39, 0.29) is 34.9 Å². The van der Waals surface area contributed by atoms with Crippen LogP contribution >= 0.6 is 12.4 Å². The molecule has 0 unspecified atom stereocenters. The van der Waals surface area contributed by atoms with Gasteiger partial charge in [-0.05, 0) is 13.1 Å². The number of aryl methyl sites for hydroxylation is 1.